The number of furan rings is 1. The van der Waals surface area contributed by atoms with Gasteiger partial charge < -0.3 is 9.73 Å². The van der Waals surface area contributed by atoms with Gasteiger partial charge in [0.25, 0.3) is 0 Å². The first-order valence-corrected chi connectivity index (χ1v) is 7.06. The van der Waals surface area contributed by atoms with E-state index in [1.807, 2.05) is 32.0 Å². The van der Waals surface area contributed by atoms with Gasteiger partial charge in [-0.15, -0.1) is 0 Å². The van der Waals surface area contributed by atoms with Crippen LogP contribution in [0.5, 0.6) is 0 Å². The lowest BCUT2D eigenvalue weighted by Gasteiger charge is -2.12. The van der Waals surface area contributed by atoms with Crippen molar-refractivity contribution in [3.05, 3.63) is 65.9 Å². The van der Waals surface area contributed by atoms with Gasteiger partial charge in [-0.1, -0.05) is 6.07 Å². The Labute approximate surface area is 127 Å². The Morgan fingerprint density at radius 3 is 2.82 bits per heavy atom. The van der Waals surface area contributed by atoms with Crippen LogP contribution >= 0.6 is 0 Å². The number of halogens is 1. The van der Waals surface area contributed by atoms with Gasteiger partial charge in [-0.25, -0.2) is 14.1 Å². The van der Waals surface area contributed by atoms with Crippen molar-refractivity contribution in [1.29, 1.82) is 0 Å². The average Bonchev–Trinajstić information content (AvgIpc) is 3.16. The van der Waals surface area contributed by atoms with E-state index in [1.165, 1.54) is 23.4 Å². The monoisotopic (exact) mass is 300 g/mol. The smallest absolute Gasteiger partial charge is 0.149 e. The van der Waals surface area contributed by atoms with E-state index in [9.17, 15) is 4.39 Å². The molecular weight excluding hydrogens is 283 g/mol. The zero-order valence-corrected chi connectivity index (χ0v) is 12.5. The second kappa shape index (κ2) is 6.11. The van der Waals surface area contributed by atoms with Crippen molar-refractivity contribution < 1.29 is 8.81 Å². The summed E-state index contributed by atoms with van der Waals surface area (Å²) in [6.45, 7) is 4.47. The van der Waals surface area contributed by atoms with Gasteiger partial charge in [0.15, 0.2) is 0 Å². The van der Waals surface area contributed by atoms with Gasteiger partial charge >= 0.3 is 0 Å². The third kappa shape index (κ3) is 3.07. The quantitative estimate of drug-likeness (QED) is 0.786. The first kappa shape index (κ1) is 14.5. The molecule has 5 nitrogen and oxygen atoms in total. The second-order valence-corrected chi connectivity index (χ2v) is 5.18. The molecule has 0 fully saturated rings. The molecule has 0 aliphatic rings. The molecule has 6 heteroatoms. The van der Waals surface area contributed by atoms with Crippen molar-refractivity contribution in [3.8, 4) is 5.69 Å². The Hall–Kier alpha value is -2.47. The van der Waals surface area contributed by atoms with Crippen molar-refractivity contribution in [2.45, 2.75) is 26.4 Å². The van der Waals surface area contributed by atoms with Gasteiger partial charge in [-0.05, 0) is 43.7 Å². The largest absolute Gasteiger partial charge is 0.465 e. The molecule has 0 bridgehead atoms. The molecule has 1 unspecified atom stereocenters. The summed E-state index contributed by atoms with van der Waals surface area (Å²) in [6, 6.07) is 9.01. The van der Waals surface area contributed by atoms with Crippen molar-refractivity contribution in [3.63, 3.8) is 0 Å². The normalized spacial score (nSPS) is 12.5. The van der Waals surface area contributed by atoms with Crippen LogP contribution in [0.2, 0.25) is 0 Å². The van der Waals surface area contributed by atoms with Crippen molar-refractivity contribution in [2.24, 2.45) is 0 Å². The maximum absolute atomic E-state index is 14.1. The predicted octanol–water partition coefficient (Wildman–Crippen LogP) is 3.16. The first-order valence-electron chi connectivity index (χ1n) is 7.06. The minimum absolute atomic E-state index is 0.0618. The highest BCUT2D eigenvalue weighted by molar-refractivity contribution is 5.35. The Kier molecular flexibility index (Phi) is 4.02. The van der Waals surface area contributed by atoms with Gasteiger partial charge in [-0.2, -0.15) is 5.10 Å². The molecule has 0 saturated carbocycles. The SMILES string of the molecule is Cc1ccc(C(C)NCc2ccc(-n3cncn3)c(F)c2)o1. The molecular formula is C16H17FN4O. The molecule has 2 heterocycles. The van der Waals surface area contributed by atoms with Crippen molar-refractivity contribution >= 4 is 0 Å². The van der Waals surface area contributed by atoms with E-state index in [2.05, 4.69) is 15.4 Å². The number of nitrogens with one attached hydrogen (secondary N) is 1. The van der Waals surface area contributed by atoms with Gasteiger partial charge in [-0.3, -0.25) is 0 Å². The molecule has 0 aliphatic heterocycles. The maximum atomic E-state index is 14.1. The highest BCUT2D eigenvalue weighted by atomic mass is 19.1. The Morgan fingerprint density at radius 1 is 1.32 bits per heavy atom. The summed E-state index contributed by atoms with van der Waals surface area (Å²) < 4.78 is 21.1. The second-order valence-electron chi connectivity index (χ2n) is 5.18. The zero-order valence-electron chi connectivity index (χ0n) is 12.5. The molecule has 0 saturated heterocycles. The summed E-state index contributed by atoms with van der Waals surface area (Å²) in [7, 11) is 0. The van der Waals surface area contributed by atoms with Gasteiger partial charge in [0.1, 0.15) is 35.7 Å². The summed E-state index contributed by atoms with van der Waals surface area (Å²) in [5.41, 5.74) is 1.24. The standard InChI is InChI=1S/C16H17FN4O/c1-11-3-6-16(22-11)12(2)19-8-13-4-5-15(14(17)7-13)21-10-18-9-20-21/h3-7,9-10,12,19H,8H2,1-2H3. The van der Waals surface area contributed by atoms with Crippen LogP contribution in [0.15, 0.2) is 47.4 Å². The zero-order chi connectivity index (χ0) is 15.5. The van der Waals surface area contributed by atoms with Crippen LogP contribution in [0.25, 0.3) is 5.69 Å². The molecule has 0 spiro atoms. The number of nitrogens with zero attached hydrogens (tertiary/aromatic N) is 3. The lowest BCUT2D eigenvalue weighted by Crippen LogP contribution is -2.17. The lowest BCUT2D eigenvalue weighted by atomic mass is 10.1. The van der Waals surface area contributed by atoms with E-state index < -0.39 is 0 Å². The number of hydrogen-bond donors (Lipinski definition) is 1. The van der Waals surface area contributed by atoms with Crippen LogP contribution < -0.4 is 5.32 Å². The van der Waals surface area contributed by atoms with Crippen LogP contribution in [0.4, 0.5) is 4.39 Å². The Morgan fingerprint density at radius 2 is 2.18 bits per heavy atom. The van der Waals surface area contributed by atoms with E-state index in [-0.39, 0.29) is 11.9 Å². The fourth-order valence-corrected chi connectivity index (χ4v) is 2.24. The average molecular weight is 300 g/mol. The summed E-state index contributed by atoms with van der Waals surface area (Å²) in [5.74, 6) is 1.43. The third-order valence-electron chi connectivity index (χ3n) is 3.48. The van der Waals surface area contributed by atoms with E-state index in [1.54, 1.807) is 6.07 Å². The number of aromatic nitrogens is 3. The topological polar surface area (TPSA) is 55.9 Å². The van der Waals surface area contributed by atoms with Crippen LogP contribution in [-0.2, 0) is 6.54 Å². The highest BCUT2D eigenvalue weighted by Crippen LogP contribution is 2.18. The third-order valence-corrected chi connectivity index (χ3v) is 3.48. The Bertz CT molecular complexity index is 751. The van der Waals surface area contributed by atoms with E-state index in [0.717, 1.165) is 17.1 Å². The Balaban J connectivity index is 1.67. The van der Waals surface area contributed by atoms with Crippen molar-refractivity contribution in [1.82, 2.24) is 20.1 Å². The molecule has 22 heavy (non-hydrogen) atoms. The molecule has 3 aromatic rings. The van der Waals surface area contributed by atoms with Gasteiger partial charge in [0, 0.05) is 6.54 Å². The molecule has 1 N–H and O–H groups in total. The van der Waals surface area contributed by atoms with Crippen LogP contribution in [0, 0.1) is 12.7 Å². The lowest BCUT2D eigenvalue weighted by molar-refractivity contribution is 0.415. The molecule has 1 atom stereocenters. The van der Waals surface area contributed by atoms with Crippen LogP contribution in [-0.4, -0.2) is 14.8 Å². The van der Waals surface area contributed by atoms with Crippen LogP contribution in [0.3, 0.4) is 0 Å². The van der Waals surface area contributed by atoms with E-state index in [4.69, 9.17) is 4.42 Å². The fraction of sp³-hybridized carbons (Fsp3) is 0.250. The predicted molar refractivity (Wildman–Crippen MR) is 80.0 cm³/mol. The number of rotatable bonds is 5. The molecule has 114 valence electrons. The van der Waals surface area contributed by atoms with Crippen LogP contribution in [0.1, 0.15) is 30.0 Å². The van der Waals surface area contributed by atoms with E-state index in [0.29, 0.717) is 12.2 Å². The van der Waals surface area contributed by atoms with Crippen molar-refractivity contribution in [2.75, 3.05) is 0 Å². The summed E-state index contributed by atoms with van der Waals surface area (Å²) in [6.07, 6.45) is 2.85. The molecule has 0 radical (unpaired) electrons. The maximum Gasteiger partial charge on any atom is 0.149 e. The number of benzene rings is 1. The molecule has 1 aromatic carbocycles. The highest BCUT2D eigenvalue weighted by Gasteiger charge is 2.10. The number of hydrogen-bond acceptors (Lipinski definition) is 4. The molecule has 3 rings (SSSR count). The summed E-state index contributed by atoms with van der Waals surface area (Å²) in [4.78, 5) is 3.82. The fourth-order valence-electron chi connectivity index (χ4n) is 2.24. The minimum atomic E-state index is -0.328. The van der Waals surface area contributed by atoms with E-state index >= 15 is 0 Å². The summed E-state index contributed by atoms with van der Waals surface area (Å²) in [5, 5.41) is 7.25. The number of aryl methyl sites for hydroxylation is 1. The molecule has 0 aliphatic carbocycles. The minimum Gasteiger partial charge on any atom is -0.465 e. The van der Waals surface area contributed by atoms with Gasteiger partial charge in [0.05, 0.1) is 6.04 Å². The molecule has 2 aromatic heterocycles. The molecule has 0 amide bonds. The summed E-state index contributed by atoms with van der Waals surface area (Å²) >= 11 is 0. The first-order chi connectivity index (χ1) is 10.6. The van der Waals surface area contributed by atoms with Gasteiger partial charge in [0.2, 0.25) is 0 Å².